The zero-order valence-corrected chi connectivity index (χ0v) is 15.3. The van der Waals surface area contributed by atoms with Crippen LogP contribution in [0.15, 0.2) is 4.52 Å². The second kappa shape index (κ2) is 8.37. The average molecular weight is 364 g/mol. The number of tetrazole rings is 1. The molecule has 0 unspecified atom stereocenters. The number of morpholine rings is 1. The summed E-state index contributed by atoms with van der Waals surface area (Å²) in [5.74, 6) is 1.46. The Hall–Kier alpha value is -2.33. The summed E-state index contributed by atoms with van der Waals surface area (Å²) in [7, 11) is 1.63. The van der Waals surface area contributed by atoms with Crippen molar-refractivity contribution in [2.24, 2.45) is 0 Å². The molecule has 1 aliphatic rings. The molecule has 0 spiro atoms. The van der Waals surface area contributed by atoms with E-state index in [4.69, 9.17) is 14.0 Å². The van der Waals surface area contributed by atoms with Crippen molar-refractivity contribution in [1.82, 2.24) is 30.3 Å². The third-order valence-corrected chi connectivity index (χ3v) is 4.54. The van der Waals surface area contributed by atoms with E-state index in [0.29, 0.717) is 51.5 Å². The monoisotopic (exact) mass is 364 g/mol. The molecule has 2 aromatic rings. The van der Waals surface area contributed by atoms with Crippen molar-refractivity contribution >= 4 is 5.91 Å². The van der Waals surface area contributed by atoms with E-state index in [-0.39, 0.29) is 12.0 Å². The molecule has 142 valence electrons. The zero-order valence-electron chi connectivity index (χ0n) is 15.3. The highest BCUT2D eigenvalue weighted by Crippen LogP contribution is 2.21. The van der Waals surface area contributed by atoms with Gasteiger partial charge >= 0.3 is 0 Å². The highest BCUT2D eigenvalue weighted by Gasteiger charge is 2.29. The summed E-state index contributed by atoms with van der Waals surface area (Å²) >= 11 is 0. The van der Waals surface area contributed by atoms with Crippen molar-refractivity contribution in [3.63, 3.8) is 0 Å². The van der Waals surface area contributed by atoms with Crippen LogP contribution in [0, 0.1) is 13.8 Å². The first-order chi connectivity index (χ1) is 12.6. The number of carbonyl (C=O) groups excluding carboxylic acids is 1. The molecule has 1 aliphatic heterocycles. The van der Waals surface area contributed by atoms with Gasteiger partial charge in [0.2, 0.25) is 5.91 Å². The van der Waals surface area contributed by atoms with E-state index in [1.165, 1.54) is 0 Å². The van der Waals surface area contributed by atoms with Crippen LogP contribution in [0.4, 0.5) is 0 Å². The first-order valence-electron chi connectivity index (χ1n) is 8.66. The number of aryl methyl sites for hydroxylation is 2. The van der Waals surface area contributed by atoms with Gasteiger partial charge in [0.25, 0.3) is 0 Å². The van der Waals surface area contributed by atoms with E-state index in [2.05, 4.69) is 20.7 Å². The topological polar surface area (TPSA) is 108 Å². The summed E-state index contributed by atoms with van der Waals surface area (Å²) in [6.07, 6.45) is 0.691. The SMILES string of the molecule is COCCn1nnnc1[C@@H]1CN(C(=O)CCc2c(C)noc2C)CCO1. The number of carbonyl (C=O) groups is 1. The number of methoxy groups -OCH3 is 1. The summed E-state index contributed by atoms with van der Waals surface area (Å²) in [5.41, 5.74) is 1.85. The fraction of sp³-hybridized carbons (Fsp3) is 0.688. The first kappa shape index (κ1) is 18.5. The van der Waals surface area contributed by atoms with Crippen LogP contribution >= 0.6 is 0 Å². The maximum Gasteiger partial charge on any atom is 0.223 e. The maximum absolute atomic E-state index is 12.6. The van der Waals surface area contributed by atoms with Gasteiger partial charge in [-0.25, -0.2) is 4.68 Å². The van der Waals surface area contributed by atoms with E-state index in [9.17, 15) is 4.79 Å². The molecule has 2 aromatic heterocycles. The summed E-state index contributed by atoms with van der Waals surface area (Å²) < 4.78 is 17.7. The Morgan fingerprint density at radius 2 is 2.23 bits per heavy atom. The number of nitrogens with zero attached hydrogens (tertiary/aromatic N) is 6. The van der Waals surface area contributed by atoms with Crippen LogP contribution in [0.25, 0.3) is 0 Å². The number of hydrogen-bond acceptors (Lipinski definition) is 8. The highest BCUT2D eigenvalue weighted by molar-refractivity contribution is 5.76. The van der Waals surface area contributed by atoms with Crippen LogP contribution in [0.2, 0.25) is 0 Å². The molecular formula is C16H24N6O4. The van der Waals surface area contributed by atoms with Crippen LogP contribution in [0.5, 0.6) is 0 Å². The minimum absolute atomic E-state index is 0.0780. The second-order valence-electron chi connectivity index (χ2n) is 6.25. The molecule has 0 aromatic carbocycles. The summed E-state index contributed by atoms with van der Waals surface area (Å²) in [4.78, 5) is 14.4. The van der Waals surface area contributed by atoms with E-state index in [0.717, 1.165) is 17.0 Å². The highest BCUT2D eigenvalue weighted by atomic mass is 16.5. The van der Waals surface area contributed by atoms with Crippen molar-refractivity contribution in [3.05, 3.63) is 22.8 Å². The Balaban J connectivity index is 1.59. The quantitative estimate of drug-likeness (QED) is 0.697. The number of hydrogen-bond donors (Lipinski definition) is 0. The lowest BCUT2D eigenvalue weighted by Gasteiger charge is -2.32. The molecule has 3 rings (SSSR count). The van der Waals surface area contributed by atoms with Crippen LogP contribution in [-0.2, 0) is 27.2 Å². The molecule has 26 heavy (non-hydrogen) atoms. The van der Waals surface area contributed by atoms with Gasteiger partial charge < -0.3 is 18.9 Å². The summed E-state index contributed by atoms with van der Waals surface area (Å²) in [6, 6.07) is 0. The fourth-order valence-corrected chi connectivity index (χ4v) is 3.06. The number of ether oxygens (including phenoxy) is 2. The van der Waals surface area contributed by atoms with Crippen molar-refractivity contribution in [2.45, 2.75) is 39.3 Å². The Kier molecular flexibility index (Phi) is 5.94. The van der Waals surface area contributed by atoms with Crippen molar-refractivity contribution in [3.8, 4) is 0 Å². The molecule has 0 aliphatic carbocycles. The van der Waals surface area contributed by atoms with Crippen molar-refractivity contribution in [2.75, 3.05) is 33.4 Å². The van der Waals surface area contributed by atoms with Gasteiger partial charge in [0.1, 0.15) is 11.9 Å². The predicted octanol–water partition coefficient (Wildman–Crippen LogP) is 0.457. The number of aromatic nitrogens is 5. The molecule has 0 radical (unpaired) electrons. The van der Waals surface area contributed by atoms with Crippen LogP contribution < -0.4 is 0 Å². The maximum atomic E-state index is 12.6. The molecular weight excluding hydrogens is 340 g/mol. The standard InChI is InChI=1S/C16H24N6O4/c1-11-13(12(2)26-18-11)4-5-15(23)21-6-9-25-14(10-21)16-17-19-20-22(16)7-8-24-3/h14H,4-10H2,1-3H3/t14-/m0/s1. The Bertz CT molecular complexity index is 723. The summed E-state index contributed by atoms with van der Waals surface area (Å²) in [6.45, 7) is 6.26. The zero-order chi connectivity index (χ0) is 18.5. The van der Waals surface area contributed by atoms with Gasteiger partial charge in [0.05, 0.1) is 32.0 Å². The molecule has 10 heteroatoms. The van der Waals surface area contributed by atoms with Gasteiger partial charge in [0, 0.05) is 25.6 Å². The number of rotatable bonds is 7. The molecule has 0 saturated carbocycles. The molecule has 0 bridgehead atoms. The van der Waals surface area contributed by atoms with Crippen molar-refractivity contribution < 1.29 is 18.8 Å². The minimum atomic E-state index is -0.335. The van der Waals surface area contributed by atoms with Crippen molar-refractivity contribution in [1.29, 1.82) is 0 Å². The van der Waals surface area contributed by atoms with E-state index in [1.54, 1.807) is 11.8 Å². The van der Waals surface area contributed by atoms with Gasteiger partial charge in [-0.3, -0.25) is 4.79 Å². The lowest BCUT2D eigenvalue weighted by atomic mass is 10.1. The summed E-state index contributed by atoms with van der Waals surface area (Å²) in [5, 5.41) is 15.7. The van der Waals surface area contributed by atoms with Gasteiger partial charge in [-0.15, -0.1) is 5.10 Å². The lowest BCUT2D eigenvalue weighted by Crippen LogP contribution is -2.43. The predicted molar refractivity (Wildman–Crippen MR) is 89.3 cm³/mol. The molecule has 0 N–H and O–H groups in total. The normalized spacial score (nSPS) is 17.7. The van der Waals surface area contributed by atoms with Gasteiger partial charge in [-0.2, -0.15) is 0 Å². The van der Waals surface area contributed by atoms with Gasteiger partial charge in [-0.1, -0.05) is 5.16 Å². The smallest absolute Gasteiger partial charge is 0.223 e. The fourth-order valence-electron chi connectivity index (χ4n) is 3.06. The Morgan fingerprint density at radius 1 is 1.38 bits per heavy atom. The molecule has 1 atom stereocenters. The van der Waals surface area contributed by atoms with Crippen LogP contribution in [0.3, 0.4) is 0 Å². The van der Waals surface area contributed by atoms with E-state index in [1.807, 2.05) is 18.7 Å². The number of amides is 1. The van der Waals surface area contributed by atoms with Gasteiger partial charge in [0.15, 0.2) is 5.82 Å². The Labute approximate surface area is 151 Å². The molecule has 3 heterocycles. The molecule has 1 fully saturated rings. The molecule has 1 amide bonds. The second-order valence-corrected chi connectivity index (χ2v) is 6.25. The van der Waals surface area contributed by atoms with Crippen LogP contribution in [-0.4, -0.2) is 69.6 Å². The molecule has 10 nitrogen and oxygen atoms in total. The van der Waals surface area contributed by atoms with E-state index >= 15 is 0 Å². The van der Waals surface area contributed by atoms with E-state index < -0.39 is 0 Å². The van der Waals surface area contributed by atoms with Crippen LogP contribution in [0.1, 0.15) is 35.4 Å². The average Bonchev–Trinajstić information content (AvgIpc) is 3.25. The minimum Gasteiger partial charge on any atom is -0.383 e. The van der Waals surface area contributed by atoms with Gasteiger partial charge in [-0.05, 0) is 30.7 Å². The lowest BCUT2D eigenvalue weighted by molar-refractivity contribution is -0.139. The molecule has 1 saturated heterocycles. The first-order valence-corrected chi connectivity index (χ1v) is 8.66. The third kappa shape index (κ3) is 4.07. The third-order valence-electron chi connectivity index (χ3n) is 4.54. The Morgan fingerprint density at radius 3 is 2.96 bits per heavy atom. The largest absolute Gasteiger partial charge is 0.383 e.